The molecule has 2 aromatic rings. The lowest BCUT2D eigenvalue weighted by atomic mass is 10.2. The van der Waals surface area contributed by atoms with E-state index in [-0.39, 0.29) is 18.6 Å². The van der Waals surface area contributed by atoms with Crippen molar-refractivity contribution < 1.29 is 14.3 Å². The van der Waals surface area contributed by atoms with Crippen molar-refractivity contribution in [2.75, 3.05) is 19.7 Å². The first kappa shape index (κ1) is 16.9. The SMILES string of the molecule is N#CCOc1ccccc1C(=O)N1CCC(OCc2ccncc2)C1. The summed E-state index contributed by atoms with van der Waals surface area (Å²) in [4.78, 5) is 18.5. The van der Waals surface area contributed by atoms with E-state index in [1.165, 1.54) is 0 Å². The Labute approximate surface area is 146 Å². The van der Waals surface area contributed by atoms with Crippen LogP contribution in [0.1, 0.15) is 22.3 Å². The molecule has 1 aliphatic heterocycles. The van der Waals surface area contributed by atoms with E-state index in [4.69, 9.17) is 14.7 Å². The predicted molar refractivity (Wildman–Crippen MR) is 90.9 cm³/mol. The van der Waals surface area contributed by atoms with Crippen LogP contribution in [0.5, 0.6) is 5.75 Å². The third kappa shape index (κ3) is 4.34. The molecule has 2 heterocycles. The zero-order valence-corrected chi connectivity index (χ0v) is 13.8. The summed E-state index contributed by atoms with van der Waals surface area (Å²) in [5.41, 5.74) is 1.54. The lowest BCUT2D eigenvalue weighted by molar-refractivity contribution is 0.0436. The number of pyridine rings is 1. The molecule has 6 nitrogen and oxygen atoms in total. The van der Waals surface area contributed by atoms with Gasteiger partial charge in [0.25, 0.3) is 5.91 Å². The lowest BCUT2D eigenvalue weighted by Crippen LogP contribution is -2.30. The molecule has 1 aromatic heterocycles. The van der Waals surface area contributed by atoms with E-state index in [1.54, 1.807) is 41.6 Å². The Morgan fingerprint density at radius 1 is 1.28 bits per heavy atom. The minimum Gasteiger partial charge on any atom is -0.478 e. The van der Waals surface area contributed by atoms with Crippen LogP contribution in [0.25, 0.3) is 0 Å². The maximum atomic E-state index is 12.7. The molecule has 0 aliphatic carbocycles. The van der Waals surface area contributed by atoms with Crippen LogP contribution >= 0.6 is 0 Å². The van der Waals surface area contributed by atoms with Gasteiger partial charge in [-0.1, -0.05) is 12.1 Å². The average Bonchev–Trinajstić information content (AvgIpc) is 3.14. The highest BCUT2D eigenvalue weighted by molar-refractivity contribution is 5.97. The van der Waals surface area contributed by atoms with Crippen LogP contribution in [0.4, 0.5) is 0 Å². The molecule has 25 heavy (non-hydrogen) atoms. The molecule has 1 aromatic carbocycles. The van der Waals surface area contributed by atoms with Gasteiger partial charge in [-0.05, 0) is 36.2 Å². The molecule has 1 atom stereocenters. The number of para-hydroxylation sites is 1. The zero-order valence-electron chi connectivity index (χ0n) is 13.8. The van der Waals surface area contributed by atoms with Crippen LogP contribution < -0.4 is 4.74 Å². The van der Waals surface area contributed by atoms with Crippen LogP contribution in [0.3, 0.4) is 0 Å². The fraction of sp³-hybridized carbons (Fsp3) is 0.316. The lowest BCUT2D eigenvalue weighted by Gasteiger charge is -2.18. The topological polar surface area (TPSA) is 75.5 Å². The molecular formula is C19H19N3O3. The van der Waals surface area contributed by atoms with Gasteiger partial charge in [0.2, 0.25) is 0 Å². The maximum absolute atomic E-state index is 12.7. The molecular weight excluding hydrogens is 318 g/mol. The largest absolute Gasteiger partial charge is 0.478 e. The van der Waals surface area contributed by atoms with Crippen molar-refractivity contribution in [3.05, 3.63) is 59.9 Å². The Hall–Kier alpha value is -2.91. The summed E-state index contributed by atoms with van der Waals surface area (Å²) < 4.78 is 11.3. The number of hydrogen-bond acceptors (Lipinski definition) is 5. The van der Waals surface area contributed by atoms with Crippen molar-refractivity contribution in [2.45, 2.75) is 19.1 Å². The number of likely N-dealkylation sites (tertiary alicyclic amines) is 1. The van der Waals surface area contributed by atoms with Gasteiger partial charge in [0.05, 0.1) is 18.3 Å². The molecule has 0 bridgehead atoms. The van der Waals surface area contributed by atoms with Crippen molar-refractivity contribution in [3.63, 3.8) is 0 Å². The molecule has 1 unspecified atom stereocenters. The van der Waals surface area contributed by atoms with Crippen LogP contribution in [0.2, 0.25) is 0 Å². The van der Waals surface area contributed by atoms with Gasteiger partial charge >= 0.3 is 0 Å². The highest BCUT2D eigenvalue weighted by Gasteiger charge is 2.28. The number of rotatable bonds is 6. The highest BCUT2D eigenvalue weighted by atomic mass is 16.5. The molecule has 0 radical (unpaired) electrons. The monoisotopic (exact) mass is 337 g/mol. The molecule has 128 valence electrons. The van der Waals surface area contributed by atoms with E-state index >= 15 is 0 Å². The van der Waals surface area contributed by atoms with Gasteiger partial charge in [-0.15, -0.1) is 0 Å². The number of aromatic nitrogens is 1. The van der Waals surface area contributed by atoms with Crippen LogP contribution in [-0.4, -0.2) is 41.6 Å². The second kappa shape index (κ2) is 8.27. The third-order valence-corrected chi connectivity index (χ3v) is 4.08. The summed E-state index contributed by atoms with van der Waals surface area (Å²) in [6.07, 6.45) is 4.30. The fourth-order valence-corrected chi connectivity index (χ4v) is 2.79. The van der Waals surface area contributed by atoms with Gasteiger partial charge in [0.1, 0.15) is 11.8 Å². The Kier molecular flexibility index (Phi) is 5.60. The first-order valence-electron chi connectivity index (χ1n) is 8.16. The van der Waals surface area contributed by atoms with E-state index < -0.39 is 0 Å². The van der Waals surface area contributed by atoms with E-state index in [2.05, 4.69) is 4.98 Å². The van der Waals surface area contributed by atoms with Crippen LogP contribution in [0.15, 0.2) is 48.8 Å². The summed E-state index contributed by atoms with van der Waals surface area (Å²) in [6.45, 7) is 1.63. The van der Waals surface area contributed by atoms with Crippen molar-refractivity contribution in [3.8, 4) is 11.8 Å². The summed E-state index contributed by atoms with van der Waals surface area (Å²) in [6, 6.07) is 12.8. The normalized spacial score (nSPS) is 16.4. The van der Waals surface area contributed by atoms with Crippen LogP contribution in [-0.2, 0) is 11.3 Å². The molecule has 0 saturated carbocycles. The summed E-state index contributed by atoms with van der Waals surface area (Å²) >= 11 is 0. The second-order valence-corrected chi connectivity index (χ2v) is 5.77. The smallest absolute Gasteiger partial charge is 0.257 e. The number of nitrogens with zero attached hydrogens (tertiary/aromatic N) is 3. The Morgan fingerprint density at radius 3 is 2.88 bits per heavy atom. The maximum Gasteiger partial charge on any atom is 0.257 e. The number of carbonyl (C=O) groups excluding carboxylic acids is 1. The number of benzene rings is 1. The van der Waals surface area contributed by atoms with Gasteiger partial charge in [0.15, 0.2) is 6.61 Å². The number of ether oxygens (including phenoxy) is 2. The van der Waals surface area contributed by atoms with E-state index in [1.807, 2.05) is 18.2 Å². The highest BCUT2D eigenvalue weighted by Crippen LogP contribution is 2.23. The van der Waals surface area contributed by atoms with E-state index in [0.29, 0.717) is 31.0 Å². The quantitative estimate of drug-likeness (QED) is 0.809. The molecule has 0 N–H and O–H groups in total. The number of carbonyl (C=O) groups is 1. The minimum absolute atomic E-state index is 0.0179. The van der Waals surface area contributed by atoms with Crippen molar-refractivity contribution in [1.29, 1.82) is 5.26 Å². The number of hydrogen-bond donors (Lipinski definition) is 0. The minimum atomic E-state index is -0.0939. The first-order chi connectivity index (χ1) is 12.3. The third-order valence-electron chi connectivity index (χ3n) is 4.08. The van der Waals surface area contributed by atoms with Gasteiger partial charge in [0, 0.05) is 25.5 Å². The predicted octanol–water partition coefficient (Wildman–Crippen LogP) is 2.42. The molecule has 1 amide bonds. The Morgan fingerprint density at radius 2 is 2.08 bits per heavy atom. The van der Waals surface area contributed by atoms with Crippen molar-refractivity contribution in [2.24, 2.45) is 0 Å². The van der Waals surface area contributed by atoms with Gasteiger partial charge in [-0.2, -0.15) is 5.26 Å². The van der Waals surface area contributed by atoms with Gasteiger partial charge in [-0.25, -0.2) is 0 Å². The number of amides is 1. The van der Waals surface area contributed by atoms with Gasteiger partial charge < -0.3 is 14.4 Å². The molecule has 1 fully saturated rings. The molecule has 3 rings (SSSR count). The van der Waals surface area contributed by atoms with Crippen molar-refractivity contribution >= 4 is 5.91 Å². The summed E-state index contributed by atoms with van der Waals surface area (Å²) in [5.74, 6) is 0.346. The summed E-state index contributed by atoms with van der Waals surface area (Å²) in [7, 11) is 0. The molecule has 1 saturated heterocycles. The average molecular weight is 337 g/mol. The summed E-state index contributed by atoms with van der Waals surface area (Å²) in [5, 5.41) is 8.67. The molecule has 0 spiro atoms. The van der Waals surface area contributed by atoms with E-state index in [0.717, 1.165) is 12.0 Å². The van der Waals surface area contributed by atoms with Crippen LogP contribution in [0, 0.1) is 11.3 Å². The molecule has 1 aliphatic rings. The standard InChI is InChI=1S/C19H19N3O3/c20-8-12-24-18-4-2-1-3-17(18)19(23)22-11-7-16(13-22)25-14-15-5-9-21-10-6-15/h1-6,9-10,16H,7,11-14H2. The Balaban J connectivity index is 1.58. The van der Waals surface area contributed by atoms with Crippen molar-refractivity contribution in [1.82, 2.24) is 9.88 Å². The van der Waals surface area contributed by atoms with E-state index in [9.17, 15) is 4.79 Å². The Bertz CT molecular complexity index is 758. The first-order valence-corrected chi connectivity index (χ1v) is 8.16. The number of nitriles is 1. The second-order valence-electron chi connectivity index (χ2n) is 5.77. The molecule has 6 heteroatoms. The fourth-order valence-electron chi connectivity index (χ4n) is 2.79. The zero-order chi connectivity index (χ0) is 17.5. The van der Waals surface area contributed by atoms with Gasteiger partial charge in [-0.3, -0.25) is 9.78 Å².